The Kier molecular flexibility index (Phi) is 6.33. The highest BCUT2D eigenvalue weighted by atomic mass is 19.1. The van der Waals surface area contributed by atoms with Gasteiger partial charge in [-0.05, 0) is 54.7 Å². The Morgan fingerprint density at radius 1 is 1.16 bits per heavy atom. The number of hydrogen-bond donors (Lipinski definition) is 2. The molecular weight excluding hydrogens is 395 g/mol. The van der Waals surface area contributed by atoms with E-state index in [4.69, 9.17) is 10.1 Å². The molecule has 0 atom stereocenters. The summed E-state index contributed by atoms with van der Waals surface area (Å²) in [7, 11) is 0. The minimum atomic E-state index is -0.403. The molecule has 1 saturated heterocycles. The minimum absolute atomic E-state index is 0.0998. The number of nitrogens with zero attached hydrogens (tertiary/aromatic N) is 2. The summed E-state index contributed by atoms with van der Waals surface area (Å²) in [6.45, 7) is 1.38. The normalized spacial score (nSPS) is 14.9. The third-order valence-electron chi connectivity index (χ3n) is 5.28. The molecule has 0 radical (unpaired) electrons. The Bertz CT molecular complexity index is 1150. The van der Waals surface area contributed by atoms with Crippen molar-refractivity contribution in [2.75, 3.05) is 18.5 Å². The van der Waals surface area contributed by atoms with Crippen LogP contribution >= 0.6 is 0 Å². The highest BCUT2D eigenvalue weighted by Crippen LogP contribution is 2.28. The van der Waals surface area contributed by atoms with Crippen LogP contribution in [-0.2, 0) is 4.74 Å². The van der Waals surface area contributed by atoms with Crippen molar-refractivity contribution in [1.29, 1.82) is 5.41 Å². The fraction of sp³-hybridized carbons (Fsp3) is 0.208. The van der Waals surface area contributed by atoms with Crippen molar-refractivity contribution in [2.24, 2.45) is 0 Å². The number of nitrogens with one attached hydrogen (secondary N) is 2. The lowest BCUT2D eigenvalue weighted by molar-refractivity contribution is 0.0853. The fourth-order valence-corrected chi connectivity index (χ4v) is 3.66. The van der Waals surface area contributed by atoms with Crippen molar-refractivity contribution >= 4 is 17.6 Å². The molecule has 1 aliphatic rings. The van der Waals surface area contributed by atoms with Gasteiger partial charge in [-0.3, -0.25) is 4.79 Å². The molecule has 0 amide bonds. The minimum Gasteiger partial charge on any atom is -0.381 e. The Morgan fingerprint density at radius 2 is 1.94 bits per heavy atom. The topological polar surface area (TPSA) is 80.0 Å². The lowest BCUT2D eigenvalue weighted by atomic mass is 9.91. The molecule has 6 nitrogen and oxygen atoms in total. The van der Waals surface area contributed by atoms with Crippen LogP contribution in [0.1, 0.15) is 30.0 Å². The maximum absolute atomic E-state index is 15.0. The molecular formula is C24H23FN4O2. The molecule has 0 aliphatic carbocycles. The van der Waals surface area contributed by atoms with E-state index in [0.717, 1.165) is 30.3 Å². The highest BCUT2D eigenvalue weighted by molar-refractivity contribution is 5.86. The van der Waals surface area contributed by atoms with E-state index in [-0.39, 0.29) is 22.7 Å². The van der Waals surface area contributed by atoms with Gasteiger partial charge in [-0.1, -0.05) is 24.3 Å². The van der Waals surface area contributed by atoms with E-state index >= 15 is 0 Å². The molecule has 3 aromatic rings. The van der Waals surface area contributed by atoms with Crippen LogP contribution in [0.2, 0.25) is 0 Å². The summed E-state index contributed by atoms with van der Waals surface area (Å²) < 4.78 is 21.7. The van der Waals surface area contributed by atoms with Crippen LogP contribution in [0.5, 0.6) is 0 Å². The first-order valence-electron chi connectivity index (χ1n) is 10.2. The standard InChI is InChI=1S/C24H23FN4O2/c25-20-16-18(17-10-14-31-15-11-17)6-7-22(20)29-13-9-23(30)24(28-29)21(8-12-26)27-19-4-2-1-3-5-19/h1-9,12-13,16-17,26-27H,10-11,14-15H2/b21-8-,26-12?. The number of hydrogen-bond acceptors (Lipinski definition) is 5. The van der Waals surface area contributed by atoms with E-state index < -0.39 is 5.82 Å². The van der Waals surface area contributed by atoms with Crippen LogP contribution in [0.3, 0.4) is 0 Å². The van der Waals surface area contributed by atoms with Gasteiger partial charge in [0.05, 0.1) is 5.70 Å². The van der Waals surface area contributed by atoms with Gasteiger partial charge in [-0.15, -0.1) is 0 Å². The molecule has 0 spiro atoms. The number of benzene rings is 2. The molecule has 1 aliphatic heterocycles. The maximum Gasteiger partial charge on any atom is 0.209 e. The zero-order valence-electron chi connectivity index (χ0n) is 16.9. The van der Waals surface area contributed by atoms with Gasteiger partial charge in [0, 0.05) is 37.4 Å². The molecule has 1 aromatic heterocycles. The number of rotatable bonds is 6. The first-order valence-corrected chi connectivity index (χ1v) is 10.2. The summed E-state index contributed by atoms with van der Waals surface area (Å²) in [4.78, 5) is 12.5. The molecule has 2 heterocycles. The Balaban J connectivity index is 1.67. The van der Waals surface area contributed by atoms with E-state index in [1.807, 2.05) is 36.4 Å². The molecule has 7 heteroatoms. The van der Waals surface area contributed by atoms with Gasteiger partial charge < -0.3 is 15.5 Å². The van der Waals surface area contributed by atoms with Gasteiger partial charge in [0.25, 0.3) is 0 Å². The van der Waals surface area contributed by atoms with Gasteiger partial charge in [0.15, 0.2) is 5.69 Å². The third kappa shape index (κ3) is 4.78. The smallest absolute Gasteiger partial charge is 0.209 e. The fourth-order valence-electron chi connectivity index (χ4n) is 3.66. The highest BCUT2D eigenvalue weighted by Gasteiger charge is 2.18. The summed E-state index contributed by atoms with van der Waals surface area (Å²) in [5.74, 6) is -0.119. The second kappa shape index (κ2) is 9.49. The second-order valence-electron chi connectivity index (χ2n) is 7.31. The largest absolute Gasteiger partial charge is 0.381 e. The Morgan fingerprint density at radius 3 is 2.65 bits per heavy atom. The van der Waals surface area contributed by atoms with Crippen LogP contribution in [0, 0.1) is 11.2 Å². The lowest BCUT2D eigenvalue weighted by Crippen LogP contribution is -2.19. The first-order chi connectivity index (χ1) is 15.2. The van der Waals surface area contributed by atoms with Crippen LogP contribution in [0.15, 0.2) is 71.7 Å². The summed E-state index contributed by atoms with van der Waals surface area (Å²) in [5.41, 5.74) is 2.08. The Hall–Kier alpha value is -3.58. The Labute approximate surface area is 179 Å². The summed E-state index contributed by atoms with van der Waals surface area (Å²) >= 11 is 0. The molecule has 2 aromatic carbocycles. The van der Waals surface area contributed by atoms with Crippen molar-refractivity contribution in [1.82, 2.24) is 9.78 Å². The van der Waals surface area contributed by atoms with E-state index in [9.17, 15) is 9.18 Å². The van der Waals surface area contributed by atoms with Crippen molar-refractivity contribution in [3.05, 3.63) is 94.2 Å². The molecule has 158 valence electrons. The average molecular weight is 418 g/mol. The molecule has 0 saturated carbocycles. The van der Waals surface area contributed by atoms with Gasteiger partial charge in [0.1, 0.15) is 11.5 Å². The number of para-hydroxylation sites is 1. The lowest BCUT2D eigenvalue weighted by Gasteiger charge is -2.22. The molecule has 4 rings (SSSR count). The number of halogens is 1. The monoisotopic (exact) mass is 418 g/mol. The van der Waals surface area contributed by atoms with Gasteiger partial charge in [0.2, 0.25) is 5.43 Å². The summed E-state index contributed by atoms with van der Waals surface area (Å²) in [6.07, 6.45) is 5.73. The predicted molar refractivity (Wildman–Crippen MR) is 119 cm³/mol. The van der Waals surface area contributed by atoms with Crippen LogP contribution in [-0.4, -0.2) is 29.2 Å². The van der Waals surface area contributed by atoms with Crippen molar-refractivity contribution in [3.63, 3.8) is 0 Å². The van der Waals surface area contributed by atoms with E-state index in [2.05, 4.69) is 10.4 Å². The van der Waals surface area contributed by atoms with Crippen LogP contribution in [0.4, 0.5) is 10.1 Å². The van der Waals surface area contributed by atoms with E-state index in [1.54, 1.807) is 12.1 Å². The van der Waals surface area contributed by atoms with Crippen molar-refractivity contribution in [3.8, 4) is 5.69 Å². The zero-order valence-corrected chi connectivity index (χ0v) is 16.9. The number of ether oxygens (including phenoxy) is 1. The third-order valence-corrected chi connectivity index (χ3v) is 5.28. The van der Waals surface area contributed by atoms with Gasteiger partial charge in [-0.2, -0.15) is 5.10 Å². The summed E-state index contributed by atoms with van der Waals surface area (Å²) in [6, 6.07) is 15.8. The molecule has 1 fully saturated rings. The number of allylic oxidation sites excluding steroid dienone is 1. The number of aromatic nitrogens is 2. The zero-order chi connectivity index (χ0) is 21.6. The molecule has 31 heavy (non-hydrogen) atoms. The van der Waals surface area contributed by atoms with Gasteiger partial charge in [-0.25, -0.2) is 9.07 Å². The summed E-state index contributed by atoms with van der Waals surface area (Å²) in [5, 5.41) is 14.9. The molecule has 0 bridgehead atoms. The SMILES string of the molecule is N=C/C=C(\Nc1ccccc1)c1nn(-c2ccc(C3CCOCC3)cc2F)ccc1=O. The molecule has 0 unspecified atom stereocenters. The van der Waals surface area contributed by atoms with Crippen LogP contribution < -0.4 is 10.7 Å². The number of anilines is 1. The quantitative estimate of drug-likeness (QED) is 0.583. The van der Waals surface area contributed by atoms with Gasteiger partial charge >= 0.3 is 0 Å². The first kappa shape index (κ1) is 20.7. The second-order valence-corrected chi connectivity index (χ2v) is 7.31. The van der Waals surface area contributed by atoms with E-state index in [1.165, 1.54) is 23.0 Å². The molecule has 2 N–H and O–H groups in total. The maximum atomic E-state index is 15.0. The predicted octanol–water partition coefficient (Wildman–Crippen LogP) is 4.37. The van der Waals surface area contributed by atoms with E-state index in [0.29, 0.717) is 18.9 Å². The van der Waals surface area contributed by atoms with Crippen LogP contribution in [0.25, 0.3) is 11.4 Å². The van der Waals surface area contributed by atoms with Crippen molar-refractivity contribution < 1.29 is 9.13 Å². The van der Waals surface area contributed by atoms with Crippen molar-refractivity contribution in [2.45, 2.75) is 18.8 Å². The average Bonchev–Trinajstić information content (AvgIpc) is 2.80.